The molecule has 0 saturated carbocycles. The summed E-state index contributed by atoms with van der Waals surface area (Å²) in [6.07, 6.45) is 0. The van der Waals surface area contributed by atoms with E-state index in [-0.39, 0.29) is 0 Å². The van der Waals surface area contributed by atoms with Gasteiger partial charge in [0.25, 0.3) is 0 Å². The Balaban J connectivity index is 1.26. The summed E-state index contributed by atoms with van der Waals surface area (Å²) in [6.45, 7) is 0. The predicted octanol–water partition coefficient (Wildman–Crippen LogP) is 12.2. The molecule has 0 bridgehead atoms. The second-order valence-electron chi connectivity index (χ2n) is 13.2. The molecule has 11 rings (SSSR count). The standard InChI is InChI=1S/C47H28N4O/c1-2-15-31(16-3-1)45-48-46(50-47(49-45)38-22-12-21-35-34-19-9-11-24-41(34)52-44(35)38)37-27-25-30-14-5-7-18-33(30)43(37)51-39-23-10-8-20-36(39)42-32-17-6-4-13-29(32)26-28-40(42)51/h1-28H. The Morgan fingerprint density at radius 1 is 0.385 bits per heavy atom. The molecule has 11 aromatic rings. The van der Waals surface area contributed by atoms with Crippen molar-refractivity contribution in [2.75, 3.05) is 0 Å². The third-order valence-electron chi connectivity index (χ3n) is 10.2. The molecule has 0 atom stereocenters. The second-order valence-corrected chi connectivity index (χ2v) is 13.2. The summed E-state index contributed by atoms with van der Waals surface area (Å²) >= 11 is 0. The highest BCUT2D eigenvalue weighted by Crippen LogP contribution is 2.42. The van der Waals surface area contributed by atoms with E-state index in [0.717, 1.165) is 66.1 Å². The number of rotatable bonds is 4. The molecule has 8 aromatic carbocycles. The van der Waals surface area contributed by atoms with Crippen molar-refractivity contribution in [2.24, 2.45) is 0 Å². The summed E-state index contributed by atoms with van der Waals surface area (Å²) in [5.74, 6) is 1.74. The van der Waals surface area contributed by atoms with E-state index in [1.807, 2.05) is 54.6 Å². The number of nitrogens with zero attached hydrogens (tertiary/aromatic N) is 4. The Labute approximate surface area is 298 Å². The van der Waals surface area contributed by atoms with Gasteiger partial charge < -0.3 is 8.98 Å². The Bertz CT molecular complexity index is 3190. The van der Waals surface area contributed by atoms with E-state index in [2.05, 4.69) is 120 Å². The molecule has 0 saturated heterocycles. The first-order valence-electron chi connectivity index (χ1n) is 17.5. The largest absolute Gasteiger partial charge is 0.455 e. The van der Waals surface area contributed by atoms with Crippen LogP contribution in [0.2, 0.25) is 0 Å². The lowest BCUT2D eigenvalue weighted by molar-refractivity contribution is 0.669. The van der Waals surface area contributed by atoms with Gasteiger partial charge in [-0.2, -0.15) is 0 Å². The third kappa shape index (κ3) is 4.26. The van der Waals surface area contributed by atoms with Gasteiger partial charge in [-0.05, 0) is 46.5 Å². The average molecular weight is 665 g/mol. The number of fused-ring (bicyclic) bond motifs is 9. The SMILES string of the molecule is c1ccc(-c2nc(-c3ccc4ccccc4c3-n3c4ccccc4c4c5ccccc5ccc43)nc(-c3cccc4c3oc3ccccc34)n2)cc1. The van der Waals surface area contributed by atoms with E-state index >= 15 is 0 Å². The van der Waals surface area contributed by atoms with Crippen LogP contribution in [-0.4, -0.2) is 19.5 Å². The molecule has 0 N–H and O–H groups in total. The molecule has 0 aliphatic heterocycles. The maximum atomic E-state index is 6.50. The van der Waals surface area contributed by atoms with Gasteiger partial charge in [-0.1, -0.05) is 140 Å². The fourth-order valence-electron chi connectivity index (χ4n) is 7.91. The lowest BCUT2D eigenvalue weighted by Gasteiger charge is -2.17. The zero-order valence-electron chi connectivity index (χ0n) is 27.9. The van der Waals surface area contributed by atoms with E-state index in [1.165, 1.54) is 21.5 Å². The molecule has 0 aliphatic carbocycles. The number of benzene rings is 8. The van der Waals surface area contributed by atoms with Gasteiger partial charge in [0.2, 0.25) is 0 Å². The molecule has 0 spiro atoms. The molecular weight excluding hydrogens is 637 g/mol. The highest BCUT2D eigenvalue weighted by molar-refractivity contribution is 6.22. The van der Waals surface area contributed by atoms with Gasteiger partial charge >= 0.3 is 0 Å². The van der Waals surface area contributed by atoms with Gasteiger partial charge in [-0.15, -0.1) is 0 Å². The van der Waals surface area contributed by atoms with Crippen LogP contribution in [-0.2, 0) is 0 Å². The predicted molar refractivity (Wildman–Crippen MR) is 213 cm³/mol. The minimum absolute atomic E-state index is 0.556. The molecule has 5 heteroatoms. The van der Waals surface area contributed by atoms with E-state index in [1.54, 1.807) is 0 Å². The fraction of sp³-hybridized carbons (Fsp3) is 0. The molecule has 0 amide bonds. The average Bonchev–Trinajstić information content (AvgIpc) is 3.77. The number of aromatic nitrogens is 4. The smallest absolute Gasteiger partial charge is 0.167 e. The van der Waals surface area contributed by atoms with E-state index in [9.17, 15) is 0 Å². The zero-order chi connectivity index (χ0) is 34.2. The van der Waals surface area contributed by atoms with Crippen molar-refractivity contribution in [2.45, 2.75) is 0 Å². The quantitative estimate of drug-likeness (QED) is 0.188. The van der Waals surface area contributed by atoms with Crippen molar-refractivity contribution < 1.29 is 4.42 Å². The van der Waals surface area contributed by atoms with Gasteiger partial charge in [-0.3, -0.25) is 0 Å². The molecule has 242 valence electrons. The van der Waals surface area contributed by atoms with Crippen LogP contribution in [0.4, 0.5) is 0 Å². The molecule has 0 aliphatic rings. The first-order valence-corrected chi connectivity index (χ1v) is 17.5. The molecule has 0 unspecified atom stereocenters. The Morgan fingerprint density at radius 2 is 1.00 bits per heavy atom. The summed E-state index contributed by atoms with van der Waals surface area (Å²) in [4.78, 5) is 15.7. The van der Waals surface area contributed by atoms with Crippen molar-refractivity contribution in [3.8, 4) is 39.9 Å². The zero-order valence-corrected chi connectivity index (χ0v) is 27.9. The molecule has 3 aromatic heterocycles. The van der Waals surface area contributed by atoms with Crippen LogP contribution in [0, 0.1) is 0 Å². The Morgan fingerprint density at radius 3 is 1.85 bits per heavy atom. The topological polar surface area (TPSA) is 56.7 Å². The van der Waals surface area contributed by atoms with Crippen molar-refractivity contribution in [3.63, 3.8) is 0 Å². The number of hydrogen-bond donors (Lipinski definition) is 0. The van der Waals surface area contributed by atoms with Crippen LogP contribution in [0.25, 0.3) is 105 Å². The molecule has 3 heterocycles. The number of hydrogen-bond acceptors (Lipinski definition) is 4. The van der Waals surface area contributed by atoms with Crippen LogP contribution < -0.4 is 0 Å². The van der Waals surface area contributed by atoms with Gasteiger partial charge in [0.1, 0.15) is 11.2 Å². The molecule has 0 fully saturated rings. The summed E-state index contributed by atoms with van der Waals surface area (Å²) in [5.41, 5.74) is 7.50. The number of para-hydroxylation sites is 3. The van der Waals surface area contributed by atoms with Gasteiger partial charge in [0, 0.05) is 38.1 Å². The second kappa shape index (κ2) is 11.2. The highest BCUT2D eigenvalue weighted by Gasteiger charge is 2.23. The van der Waals surface area contributed by atoms with Crippen LogP contribution in [0.5, 0.6) is 0 Å². The molecule has 5 nitrogen and oxygen atoms in total. The summed E-state index contributed by atoms with van der Waals surface area (Å²) in [6, 6.07) is 59.1. The van der Waals surface area contributed by atoms with Crippen LogP contribution >= 0.6 is 0 Å². The number of furan rings is 1. The maximum Gasteiger partial charge on any atom is 0.167 e. The minimum atomic E-state index is 0.556. The first-order chi connectivity index (χ1) is 25.8. The molecule has 52 heavy (non-hydrogen) atoms. The van der Waals surface area contributed by atoms with Gasteiger partial charge in [0.15, 0.2) is 17.5 Å². The Kier molecular flexibility index (Phi) is 6.18. The fourth-order valence-corrected chi connectivity index (χ4v) is 7.91. The lowest BCUT2D eigenvalue weighted by atomic mass is 10.0. The molecular formula is C47H28N4O. The highest BCUT2D eigenvalue weighted by atomic mass is 16.3. The molecule has 0 radical (unpaired) electrons. The van der Waals surface area contributed by atoms with E-state index in [0.29, 0.717) is 17.5 Å². The first kappa shape index (κ1) is 28.7. The minimum Gasteiger partial charge on any atom is -0.455 e. The van der Waals surface area contributed by atoms with Crippen LogP contribution in [0.3, 0.4) is 0 Å². The van der Waals surface area contributed by atoms with Crippen molar-refractivity contribution in [3.05, 3.63) is 170 Å². The van der Waals surface area contributed by atoms with Gasteiger partial charge in [-0.25, -0.2) is 15.0 Å². The Hall–Kier alpha value is -7.11. The van der Waals surface area contributed by atoms with E-state index < -0.39 is 0 Å². The van der Waals surface area contributed by atoms with E-state index in [4.69, 9.17) is 19.4 Å². The van der Waals surface area contributed by atoms with Crippen molar-refractivity contribution >= 4 is 65.3 Å². The summed E-state index contributed by atoms with van der Waals surface area (Å²) in [5, 5.41) is 9.20. The van der Waals surface area contributed by atoms with Crippen LogP contribution in [0.15, 0.2) is 174 Å². The normalized spacial score (nSPS) is 11.8. The summed E-state index contributed by atoms with van der Waals surface area (Å²) in [7, 11) is 0. The lowest BCUT2D eigenvalue weighted by Crippen LogP contribution is -2.04. The summed E-state index contributed by atoms with van der Waals surface area (Å²) < 4.78 is 8.90. The van der Waals surface area contributed by atoms with Gasteiger partial charge in [0.05, 0.1) is 22.3 Å². The monoisotopic (exact) mass is 664 g/mol. The third-order valence-corrected chi connectivity index (χ3v) is 10.2. The maximum absolute atomic E-state index is 6.50. The van der Waals surface area contributed by atoms with Crippen molar-refractivity contribution in [1.82, 2.24) is 19.5 Å². The van der Waals surface area contributed by atoms with Crippen molar-refractivity contribution in [1.29, 1.82) is 0 Å². The van der Waals surface area contributed by atoms with Crippen LogP contribution in [0.1, 0.15) is 0 Å².